The van der Waals surface area contributed by atoms with E-state index in [0.29, 0.717) is 18.0 Å². The largest absolute Gasteiger partial charge is 0.299 e. The number of carbonyl (C=O) groups excluding carboxylic acids is 1. The zero-order chi connectivity index (χ0) is 19.5. The first kappa shape index (κ1) is 21.8. The molecule has 0 atom stereocenters. The van der Waals surface area contributed by atoms with Crippen molar-refractivity contribution in [1.82, 2.24) is 14.7 Å². The molecule has 0 unspecified atom stereocenters. The number of hydrogen-bond acceptors (Lipinski definition) is 3. The third kappa shape index (κ3) is 5.19. The molecule has 1 fully saturated rings. The van der Waals surface area contributed by atoms with Gasteiger partial charge < -0.3 is 0 Å². The molecule has 1 aliphatic heterocycles. The minimum absolute atomic E-state index is 0. The van der Waals surface area contributed by atoms with Crippen molar-refractivity contribution < 1.29 is 4.79 Å². The average molecular weight is 432 g/mol. The number of likely N-dealkylation sites (tertiary alicyclic amines) is 1. The van der Waals surface area contributed by atoms with E-state index in [4.69, 9.17) is 11.6 Å². The number of carbonyl (C=O) groups is 1. The summed E-state index contributed by atoms with van der Waals surface area (Å²) >= 11 is 6.09. The molecule has 1 saturated heterocycles. The second kappa shape index (κ2) is 9.75. The van der Waals surface area contributed by atoms with Gasteiger partial charge in [-0.2, -0.15) is 5.10 Å². The van der Waals surface area contributed by atoms with Crippen molar-refractivity contribution in [3.05, 3.63) is 64.8 Å². The van der Waals surface area contributed by atoms with Gasteiger partial charge in [-0.1, -0.05) is 41.9 Å². The van der Waals surface area contributed by atoms with Crippen molar-refractivity contribution in [2.24, 2.45) is 13.0 Å². The van der Waals surface area contributed by atoms with E-state index in [9.17, 15) is 4.79 Å². The fourth-order valence-corrected chi connectivity index (χ4v) is 4.41. The molecular weight excluding hydrogens is 405 g/mol. The maximum atomic E-state index is 12.8. The van der Waals surface area contributed by atoms with E-state index in [-0.39, 0.29) is 18.2 Å². The number of Topliss-reactive ketones (excluding diaryl/α,β-unsaturated/α-hetero) is 1. The van der Waals surface area contributed by atoms with Gasteiger partial charge in [0, 0.05) is 30.4 Å². The van der Waals surface area contributed by atoms with Gasteiger partial charge in [-0.3, -0.25) is 14.4 Å². The number of rotatable bonds is 6. The summed E-state index contributed by atoms with van der Waals surface area (Å²) in [5, 5.41) is 6.23. The van der Waals surface area contributed by atoms with Crippen LogP contribution in [-0.2, 0) is 13.6 Å². The Balaban J connectivity index is 0.00000240. The summed E-state index contributed by atoms with van der Waals surface area (Å²) in [5.74, 6) is 0.785. The number of benzene rings is 2. The SMILES string of the molecule is Cl.Cn1nc(C(=O)CCC2CCN(Cc3cccc(Cl)c3)CC2)c2ccccc21. The molecule has 29 heavy (non-hydrogen) atoms. The lowest BCUT2D eigenvalue weighted by Crippen LogP contribution is -2.33. The molecule has 1 aromatic heterocycles. The highest BCUT2D eigenvalue weighted by Crippen LogP contribution is 2.26. The molecule has 2 heterocycles. The maximum absolute atomic E-state index is 12.8. The standard InChI is InChI=1S/C23H26ClN3O.ClH/c1-26-21-8-3-2-7-20(21)23(25-26)22(28)10-9-17-11-13-27(14-12-17)16-18-5-4-6-19(24)15-18;/h2-8,15,17H,9-14,16H2,1H3;1H. The summed E-state index contributed by atoms with van der Waals surface area (Å²) in [6.45, 7) is 3.11. The van der Waals surface area contributed by atoms with E-state index in [1.807, 2.05) is 49.5 Å². The van der Waals surface area contributed by atoms with E-state index in [2.05, 4.69) is 16.1 Å². The highest BCUT2D eigenvalue weighted by atomic mass is 35.5. The Morgan fingerprint density at radius 3 is 2.66 bits per heavy atom. The van der Waals surface area contributed by atoms with Gasteiger partial charge in [0.2, 0.25) is 0 Å². The predicted octanol–water partition coefficient (Wildman–Crippen LogP) is 5.52. The predicted molar refractivity (Wildman–Crippen MR) is 121 cm³/mol. The Hall–Kier alpha value is -1.88. The van der Waals surface area contributed by atoms with E-state index in [1.54, 1.807) is 4.68 Å². The summed E-state index contributed by atoms with van der Waals surface area (Å²) in [5.41, 5.74) is 2.90. The van der Waals surface area contributed by atoms with Crippen LogP contribution in [0.4, 0.5) is 0 Å². The van der Waals surface area contributed by atoms with E-state index < -0.39 is 0 Å². The molecule has 0 saturated carbocycles. The number of ketones is 1. The fraction of sp³-hybridized carbons (Fsp3) is 0.391. The molecule has 0 radical (unpaired) electrons. The minimum atomic E-state index is 0. The minimum Gasteiger partial charge on any atom is -0.299 e. The second-order valence-corrected chi connectivity index (χ2v) is 8.24. The zero-order valence-corrected chi connectivity index (χ0v) is 18.3. The lowest BCUT2D eigenvalue weighted by atomic mass is 9.90. The van der Waals surface area contributed by atoms with Crippen LogP contribution in [0.1, 0.15) is 41.7 Å². The van der Waals surface area contributed by atoms with Crippen LogP contribution in [0.15, 0.2) is 48.5 Å². The van der Waals surface area contributed by atoms with Crippen molar-refractivity contribution in [2.45, 2.75) is 32.2 Å². The molecule has 0 amide bonds. The van der Waals surface area contributed by atoms with Crippen molar-refractivity contribution in [1.29, 1.82) is 0 Å². The summed E-state index contributed by atoms with van der Waals surface area (Å²) in [6.07, 6.45) is 3.84. The Kier molecular flexibility index (Phi) is 7.33. The Labute approximate surface area is 183 Å². The fourth-order valence-electron chi connectivity index (χ4n) is 4.20. The van der Waals surface area contributed by atoms with Gasteiger partial charge in [0.15, 0.2) is 5.78 Å². The lowest BCUT2D eigenvalue weighted by molar-refractivity contribution is 0.0957. The number of fused-ring (bicyclic) bond motifs is 1. The topological polar surface area (TPSA) is 38.1 Å². The maximum Gasteiger partial charge on any atom is 0.183 e. The van der Waals surface area contributed by atoms with Crippen LogP contribution >= 0.6 is 24.0 Å². The first-order valence-electron chi connectivity index (χ1n) is 10.0. The summed E-state index contributed by atoms with van der Waals surface area (Å²) in [7, 11) is 1.90. The number of hydrogen-bond donors (Lipinski definition) is 0. The third-order valence-corrected chi connectivity index (χ3v) is 6.04. The normalized spacial score (nSPS) is 15.4. The van der Waals surface area contributed by atoms with Gasteiger partial charge >= 0.3 is 0 Å². The molecule has 4 rings (SSSR count). The average Bonchev–Trinajstić information content (AvgIpc) is 3.04. The molecular formula is C23H27Cl2N3O. The number of aryl methyl sites for hydroxylation is 1. The van der Waals surface area contributed by atoms with Crippen LogP contribution in [0.5, 0.6) is 0 Å². The van der Waals surface area contributed by atoms with Crippen LogP contribution in [-0.4, -0.2) is 33.6 Å². The number of piperidine rings is 1. The molecule has 3 aromatic rings. The molecule has 2 aromatic carbocycles. The van der Waals surface area contributed by atoms with Crippen molar-refractivity contribution in [3.8, 4) is 0 Å². The van der Waals surface area contributed by atoms with Crippen molar-refractivity contribution in [2.75, 3.05) is 13.1 Å². The molecule has 0 N–H and O–H groups in total. The van der Waals surface area contributed by atoms with Crippen LogP contribution in [0, 0.1) is 5.92 Å². The number of para-hydroxylation sites is 1. The van der Waals surface area contributed by atoms with Crippen LogP contribution < -0.4 is 0 Å². The highest BCUT2D eigenvalue weighted by molar-refractivity contribution is 6.30. The summed E-state index contributed by atoms with van der Waals surface area (Å²) < 4.78 is 1.80. The second-order valence-electron chi connectivity index (χ2n) is 7.80. The Morgan fingerprint density at radius 1 is 1.14 bits per heavy atom. The van der Waals surface area contributed by atoms with Gasteiger partial charge in [0.25, 0.3) is 0 Å². The number of halogens is 2. The lowest BCUT2D eigenvalue weighted by Gasteiger charge is -2.32. The zero-order valence-electron chi connectivity index (χ0n) is 16.7. The molecule has 0 spiro atoms. The number of nitrogens with zero attached hydrogens (tertiary/aromatic N) is 3. The molecule has 0 bridgehead atoms. The molecule has 1 aliphatic rings. The van der Waals surface area contributed by atoms with Crippen LogP contribution in [0.3, 0.4) is 0 Å². The number of aromatic nitrogens is 2. The molecule has 4 nitrogen and oxygen atoms in total. The Morgan fingerprint density at radius 2 is 1.90 bits per heavy atom. The quantitative estimate of drug-likeness (QED) is 0.481. The van der Waals surface area contributed by atoms with Gasteiger partial charge in [-0.25, -0.2) is 0 Å². The highest BCUT2D eigenvalue weighted by Gasteiger charge is 2.22. The van der Waals surface area contributed by atoms with Crippen molar-refractivity contribution >= 4 is 40.7 Å². The first-order valence-corrected chi connectivity index (χ1v) is 10.4. The van der Waals surface area contributed by atoms with E-state index in [0.717, 1.165) is 54.8 Å². The summed E-state index contributed by atoms with van der Waals surface area (Å²) in [4.78, 5) is 15.2. The van der Waals surface area contributed by atoms with E-state index in [1.165, 1.54) is 5.56 Å². The molecule has 154 valence electrons. The van der Waals surface area contributed by atoms with Crippen LogP contribution in [0.25, 0.3) is 10.9 Å². The first-order chi connectivity index (χ1) is 13.6. The smallest absolute Gasteiger partial charge is 0.183 e. The third-order valence-electron chi connectivity index (χ3n) is 5.80. The van der Waals surface area contributed by atoms with Gasteiger partial charge in [0.05, 0.1) is 5.52 Å². The molecule has 6 heteroatoms. The molecule has 0 aliphatic carbocycles. The Bertz CT molecular complexity index is 977. The van der Waals surface area contributed by atoms with Gasteiger partial charge in [0.1, 0.15) is 5.69 Å². The van der Waals surface area contributed by atoms with E-state index >= 15 is 0 Å². The monoisotopic (exact) mass is 431 g/mol. The van der Waals surface area contributed by atoms with Gasteiger partial charge in [-0.05, 0) is 62.0 Å². The van der Waals surface area contributed by atoms with Gasteiger partial charge in [-0.15, -0.1) is 12.4 Å². The van der Waals surface area contributed by atoms with Crippen LogP contribution in [0.2, 0.25) is 5.02 Å². The van der Waals surface area contributed by atoms with Crippen molar-refractivity contribution in [3.63, 3.8) is 0 Å². The summed E-state index contributed by atoms with van der Waals surface area (Å²) in [6, 6.07) is 16.1.